The lowest BCUT2D eigenvalue weighted by molar-refractivity contribution is -0.146. The lowest BCUT2D eigenvalue weighted by Gasteiger charge is -2.15. The fraction of sp³-hybridized carbons (Fsp3) is 0.487. The first-order valence-corrected chi connectivity index (χ1v) is 16.9. The highest BCUT2D eigenvalue weighted by atomic mass is 16.6. The van der Waals surface area contributed by atoms with Gasteiger partial charge in [0.15, 0.2) is 6.10 Å². The van der Waals surface area contributed by atoms with E-state index in [2.05, 4.69) is 20.8 Å². The number of esters is 2. The largest absolute Gasteiger partial charge is 0.494 e. The molecule has 0 saturated carbocycles. The number of rotatable bonds is 21. The topological polar surface area (TPSA) is 71.1 Å². The van der Waals surface area contributed by atoms with E-state index in [0.29, 0.717) is 36.2 Å². The van der Waals surface area contributed by atoms with E-state index in [1.807, 2.05) is 36.4 Å². The predicted octanol–water partition coefficient (Wildman–Crippen LogP) is 10.2. The molecule has 45 heavy (non-hydrogen) atoms. The number of carbonyl (C=O) groups is 2. The second-order valence-corrected chi connectivity index (χ2v) is 11.9. The maximum absolute atomic E-state index is 12.7. The SMILES string of the molecule is CCCCCCCCCCCCOc1ccc(C(=O)Oc2ccc(-c3ccc(OC(=O)C(C)OCC(C)CC)cc3)cc2)cc1. The average Bonchev–Trinajstić information content (AvgIpc) is 3.06. The number of unbranched alkanes of at least 4 members (excludes halogenated alkanes) is 9. The summed E-state index contributed by atoms with van der Waals surface area (Å²) in [7, 11) is 0. The highest BCUT2D eigenvalue weighted by Crippen LogP contribution is 2.26. The minimum absolute atomic E-state index is 0.393. The highest BCUT2D eigenvalue weighted by molar-refractivity contribution is 5.91. The fourth-order valence-corrected chi connectivity index (χ4v) is 4.76. The van der Waals surface area contributed by atoms with Gasteiger partial charge in [-0.05, 0) is 78.9 Å². The molecule has 6 nitrogen and oxygen atoms in total. The van der Waals surface area contributed by atoms with Gasteiger partial charge in [0.25, 0.3) is 0 Å². The molecule has 3 aromatic rings. The molecule has 0 aliphatic carbocycles. The van der Waals surface area contributed by atoms with Gasteiger partial charge in [-0.3, -0.25) is 0 Å². The Morgan fingerprint density at radius 1 is 0.600 bits per heavy atom. The summed E-state index contributed by atoms with van der Waals surface area (Å²) in [6, 6.07) is 21.7. The molecule has 6 heteroatoms. The van der Waals surface area contributed by atoms with Gasteiger partial charge in [-0.25, -0.2) is 9.59 Å². The normalized spacial score (nSPS) is 12.4. The summed E-state index contributed by atoms with van der Waals surface area (Å²) in [5.74, 6) is 1.24. The Morgan fingerprint density at radius 2 is 1.09 bits per heavy atom. The number of ether oxygens (including phenoxy) is 4. The van der Waals surface area contributed by atoms with Gasteiger partial charge in [-0.15, -0.1) is 0 Å². The molecule has 3 aromatic carbocycles. The summed E-state index contributed by atoms with van der Waals surface area (Å²) in [4.78, 5) is 25.0. The van der Waals surface area contributed by atoms with E-state index in [4.69, 9.17) is 18.9 Å². The van der Waals surface area contributed by atoms with Crippen molar-refractivity contribution < 1.29 is 28.5 Å². The first kappa shape index (κ1) is 35.8. The first-order valence-electron chi connectivity index (χ1n) is 16.9. The second-order valence-electron chi connectivity index (χ2n) is 11.9. The van der Waals surface area contributed by atoms with Crippen LogP contribution < -0.4 is 14.2 Å². The van der Waals surface area contributed by atoms with Crippen molar-refractivity contribution >= 4 is 11.9 Å². The van der Waals surface area contributed by atoms with Gasteiger partial charge >= 0.3 is 11.9 Å². The molecule has 0 bridgehead atoms. The fourth-order valence-electron chi connectivity index (χ4n) is 4.76. The molecule has 2 atom stereocenters. The Bertz CT molecular complexity index is 1250. The van der Waals surface area contributed by atoms with E-state index in [9.17, 15) is 9.59 Å². The van der Waals surface area contributed by atoms with Crippen LogP contribution in [0.25, 0.3) is 11.1 Å². The van der Waals surface area contributed by atoms with Crippen molar-refractivity contribution in [3.63, 3.8) is 0 Å². The van der Waals surface area contributed by atoms with Crippen LogP contribution in [-0.2, 0) is 9.53 Å². The summed E-state index contributed by atoms with van der Waals surface area (Å²) >= 11 is 0. The van der Waals surface area contributed by atoms with Crippen LogP contribution in [0.15, 0.2) is 72.8 Å². The van der Waals surface area contributed by atoms with Gasteiger partial charge in [-0.1, -0.05) is 109 Å². The molecule has 2 unspecified atom stereocenters. The number of carbonyl (C=O) groups excluding carboxylic acids is 2. The van der Waals surface area contributed by atoms with Crippen LogP contribution >= 0.6 is 0 Å². The van der Waals surface area contributed by atoms with Crippen molar-refractivity contribution in [2.24, 2.45) is 5.92 Å². The van der Waals surface area contributed by atoms with Crippen molar-refractivity contribution in [1.29, 1.82) is 0 Å². The van der Waals surface area contributed by atoms with Crippen molar-refractivity contribution in [3.8, 4) is 28.4 Å². The van der Waals surface area contributed by atoms with Crippen molar-refractivity contribution in [2.75, 3.05) is 13.2 Å². The van der Waals surface area contributed by atoms with Crippen LogP contribution in [0.1, 0.15) is 109 Å². The Morgan fingerprint density at radius 3 is 1.62 bits per heavy atom. The summed E-state index contributed by atoms with van der Waals surface area (Å²) in [6.45, 7) is 9.35. The lowest BCUT2D eigenvalue weighted by atomic mass is 10.1. The van der Waals surface area contributed by atoms with E-state index in [1.165, 1.54) is 57.8 Å². The van der Waals surface area contributed by atoms with Crippen LogP contribution in [0.2, 0.25) is 0 Å². The zero-order valence-corrected chi connectivity index (χ0v) is 27.7. The van der Waals surface area contributed by atoms with Crippen molar-refractivity contribution in [1.82, 2.24) is 0 Å². The van der Waals surface area contributed by atoms with Crippen molar-refractivity contribution in [2.45, 2.75) is 104 Å². The second kappa shape index (κ2) is 20.4. The molecule has 244 valence electrons. The van der Waals surface area contributed by atoms with Gasteiger partial charge < -0.3 is 18.9 Å². The Hall–Kier alpha value is -3.64. The van der Waals surface area contributed by atoms with Crippen LogP contribution in [0.3, 0.4) is 0 Å². The Labute approximate surface area is 270 Å². The number of hydrogen-bond donors (Lipinski definition) is 0. The summed E-state index contributed by atoms with van der Waals surface area (Å²) in [5.41, 5.74) is 2.36. The van der Waals surface area contributed by atoms with E-state index >= 15 is 0 Å². The van der Waals surface area contributed by atoms with E-state index in [1.54, 1.807) is 43.3 Å². The Kier molecular flexibility index (Phi) is 16.2. The molecule has 0 N–H and O–H groups in total. The summed E-state index contributed by atoms with van der Waals surface area (Å²) in [6.07, 6.45) is 13.3. The molecule has 0 saturated heterocycles. The van der Waals surface area contributed by atoms with Gasteiger partial charge in [0.1, 0.15) is 17.2 Å². The maximum atomic E-state index is 12.7. The molecule has 0 aliphatic rings. The zero-order valence-electron chi connectivity index (χ0n) is 27.7. The van der Waals surface area contributed by atoms with Gasteiger partial charge in [0, 0.05) is 0 Å². The molecule has 0 aromatic heterocycles. The van der Waals surface area contributed by atoms with Crippen LogP contribution in [0.4, 0.5) is 0 Å². The molecule has 0 heterocycles. The smallest absolute Gasteiger partial charge is 0.343 e. The molecular formula is C39H52O6. The highest BCUT2D eigenvalue weighted by Gasteiger charge is 2.17. The number of benzene rings is 3. The van der Waals surface area contributed by atoms with Crippen LogP contribution in [0.5, 0.6) is 17.2 Å². The molecule has 3 rings (SSSR count). The zero-order chi connectivity index (χ0) is 32.3. The quantitative estimate of drug-likeness (QED) is 0.0674. The third-order valence-corrected chi connectivity index (χ3v) is 7.99. The standard InChI is InChI=1S/C39H52O6/c1-5-7-8-9-10-11-12-13-14-15-28-42-35-22-20-34(21-23-35)39(41)45-37-26-18-33(19-27-37)32-16-24-36(25-17-32)44-38(40)31(4)43-29-30(3)6-2/h16-27,30-31H,5-15,28-29H2,1-4H3. The first-order chi connectivity index (χ1) is 21.9. The molecule has 0 fully saturated rings. The lowest BCUT2D eigenvalue weighted by Crippen LogP contribution is -2.27. The molecule has 0 radical (unpaired) electrons. The Balaban J connectivity index is 1.37. The summed E-state index contributed by atoms with van der Waals surface area (Å²) in [5, 5.41) is 0. The summed E-state index contributed by atoms with van der Waals surface area (Å²) < 4.78 is 22.5. The molecule has 0 aliphatic heterocycles. The molecular weight excluding hydrogens is 564 g/mol. The minimum atomic E-state index is -0.626. The van der Waals surface area contributed by atoms with E-state index in [0.717, 1.165) is 29.7 Å². The van der Waals surface area contributed by atoms with Crippen LogP contribution in [0, 0.1) is 5.92 Å². The van der Waals surface area contributed by atoms with E-state index < -0.39 is 18.0 Å². The maximum Gasteiger partial charge on any atom is 0.343 e. The third-order valence-electron chi connectivity index (χ3n) is 7.99. The van der Waals surface area contributed by atoms with Gasteiger partial charge in [-0.2, -0.15) is 0 Å². The third kappa shape index (κ3) is 13.5. The minimum Gasteiger partial charge on any atom is -0.494 e. The average molecular weight is 617 g/mol. The number of hydrogen-bond acceptors (Lipinski definition) is 6. The van der Waals surface area contributed by atoms with Gasteiger partial charge in [0.05, 0.1) is 18.8 Å². The monoisotopic (exact) mass is 616 g/mol. The molecule has 0 spiro atoms. The van der Waals surface area contributed by atoms with Crippen molar-refractivity contribution in [3.05, 3.63) is 78.4 Å². The van der Waals surface area contributed by atoms with Gasteiger partial charge in [0.2, 0.25) is 0 Å². The van der Waals surface area contributed by atoms with Crippen LogP contribution in [-0.4, -0.2) is 31.3 Å². The molecule has 0 amide bonds. The predicted molar refractivity (Wildman–Crippen MR) is 181 cm³/mol. The van der Waals surface area contributed by atoms with E-state index in [-0.39, 0.29) is 0 Å².